The molecule has 1 N–H and O–H groups in total. The van der Waals surface area contributed by atoms with E-state index in [0.717, 1.165) is 6.41 Å². The second kappa shape index (κ2) is 6.11. The molecule has 3 nitrogen and oxygen atoms in total. The Morgan fingerprint density at radius 3 is 2.14 bits per heavy atom. The molecule has 0 bridgehead atoms. The van der Waals surface area contributed by atoms with Crippen molar-refractivity contribution < 1.29 is 42.3 Å². The minimum absolute atomic E-state index is 0. The van der Waals surface area contributed by atoms with Crippen molar-refractivity contribution in [1.29, 1.82) is 0 Å². The van der Waals surface area contributed by atoms with Crippen LogP contribution in [-0.4, -0.2) is 12.3 Å². The summed E-state index contributed by atoms with van der Waals surface area (Å²) in [6.07, 6.45) is 1.16. The average molecular weight is 174 g/mol. The van der Waals surface area contributed by atoms with Gasteiger partial charge in [0.15, 0.2) is 0 Å². The van der Waals surface area contributed by atoms with Gasteiger partial charge < -0.3 is 21.8 Å². The molecule has 0 aromatic carbocycles. The molecule has 4 heteroatoms. The van der Waals surface area contributed by atoms with Crippen molar-refractivity contribution in [2.24, 2.45) is 0 Å². The molecule has 0 saturated heterocycles. The zero-order chi connectivity index (χ0) is 4.99. The van der Waals surface area contributed by atoms with E-state index in [-0.39, 0.29) is 32.7 Å². The van der Waals surface area contributed by atoms with Crippen LogP contribution in [0.5, 0.6) is 0 Å². The number of carbonyl (C=O) groups excluding carboxylic acids is 2. The number of carbonyl (C=O) groups is 1. The van der Waals surface area contributed by atoms with Crippen LogP contribution in [0.2, 0.25) is 0 Å². The maximum absolute atomic E-state index is 9.56. The molecule has 0 atom stereocenters. The molecule has 0 aliphatic heterocycles. The second-order valence-corrected chi connectivity index (χ2v) is 0.650. The molecule has 0 heterocycles. The molecular formula is C3H3NO2Y-2. The fourth-order valence-electron chi connectivity index (χ4n) is 0.0569. The van der Waals surface area contributed by atoms with E-state index in [0.29, 0.717) is 0 Å². The van der Waals surface area contributed by atoms with Gasteiger partial charge in [-0.05, 0) is 0 Å². The first kappa shape index (κ1) is 10.2. The van der Waals surface area contributed by atoms with Crippen LogP contribution in [0.15, 0.2) is 0 Å². The average Bonchev–Trinajstić information content (AvgIpc) is 1.35. The van der Waals surface area contributed by atoms with Crippen molar-refractivity contribution in [2.45, 2.75) is 0 Å². The van der Waals surface area contributed by atoms with E-state index in [4.69, 9.17) is 4.79 Å². The Morgan fingerprint density at radius 1 is 1.71 bits per heavy atom. The predicted octanol–water partition coefficient (Wildman–Crippen LogP) is -0.999. The Hall–Kier alpha value is 0.114. The van der Waals surface area contributed by atoms with Crippen LogP contribution in [0.1, 0.15) is 0 Å². The van der Waals surface area contributed by atoms with E-state index in [1.54, 1.807) is 5.32 Å². The van der Waals surface area contributed by atoms with Crippen molar-refractivity contribution in [3.63, 3.8) is 0 Å². The largest absolute Gasteiger partial charge is 0.487 e. The Kier molecular flexibility index (Phi) is 8.88. The molecule has 0 rings (SSSR count). The van der Waals surface area contributed by atoms with Crippen LogP contribution in [-0.2, 0) is 42.3 Å². The normalized spacial score (nSPS) is 5.71. The van der Waals surface area contributed by atoms with Gasteiger partial charge in [0.05, 0.1) is 6.41 Å². The molecule has 1 radical (unpaired) electrons. The van der Waals surface area contributed by atoms with Crippen molar-refractivity contribution in [3.05, 3.63) is 6.92 Å². The summed E-state index contributed by atoms with van der Waals surface area (Å²) in [7, 11) is 0. The molecule has 0 aromatic rings. The summed E-state index contributed by atoms with van der Waals surface area (Å²) in [5.74, 6) is -0.634. The van der Waals surface area contributed by atoms with Crippen LogP contribution in [0.25, 0.3) is 0 Å². The van der Waals surface area contributed by atoms with Gasteiger partial charge in [0.25, 0.3) is 0 Å². The first-order chi connectivity index (χ1) is 2.77. The first-order valence-electron chi connectivity index (χ1n) is 1.26. The minimum atomic E-state index is -0.634. The summed E-state index contributed by atoms with van der Waals surface area (Å²) < 4.78 is 0. The molecule has 0 aromatic heterocycles. The van der Waals surface area contributed by atoms with E-state index in [2.05, 4.69) is 6.92 Å². The van der Waals surface area contributed by atoms with Crippen molar-refractivity contribution >= 4 is 12.3 Å². The smallest absolute Gasteiger partial charge is 0.0694 e. The fourth-order valence-corrected chi connectivity index (χ4v) is 0.0569. The fraction of sp³-hybridized carbons (Fsp3) is 0. The van der Waals surface area contributed by atoms with Crippen molar-refractivity contribution in [2.75, 3.05) is 0 Å². The number of hydrogen-bond donors (Lipinski definition) is 1. The molecule has 37 valence electrons. The summed E-state index contributed by atoms with van der Waals surface area (Å²) in [4.78, 5) is 18.7. The third-order valence-electron chi connectivity index (χ3n) is 0.190. The second-order valence-electron chi connectivity index (χ2n) is 0.650. The topological polar surface area (TPSA) is 46.2 Å². The number of hydrogen-bond acceptors (Lipinski definition) is 2. The van der Waals surface area contributed by atoms with Crippen molar-refractivity contribution in [3.8, 4) is 0 Å². The summed E-state index contributed by atoms with van der Waals surface area (Å²) in [5, 5.41) is 1.65. The zero-order valence-corrected chi connectivity index (χ0v) is 6.44. The van der Waals surface area contributed by atoms with Gasteiger partial charge in [0, 0.05) is 32.7 Å². The number of imide groups is 1. The molecule has 0 aliphatic rings. The molecule has 0 aliphatic carbocycles. The van der Waals surface area contributed by atoms with Crippen LogP contribution < -0.4 is 5.32 Å². The van der Waals surface area contributed by atoms with Gasteiger partial charge in [-0.25, -0.2) is 0 Å². The van der Waals surface area contributed by atoms with E-state index in [9.17, 15) is 4.79 Å². The molecule has 0 fully saturated rings. The van der Waals surface area contributed by atoms with E-state index >= 15 is 0 Å². The van der Waals surface area contributed by atoms with Gasteiger partial charge in [0.2, 0.25) is 0 Å². The SMILES string of the molecule is [CH2-]C(=O)N[C-]=O.[Y]. The Labute approximate surface area is 66.7 Å². The van der Waals surface area contributed by atoms with Crippen LogP contribution in [0.4, 0.5) is 0 Å². The van der Waals surface area contributed by atoms with E-state index < -0.39 is 5.91 Å². The Morgan fingerprint density at radius 2 is 2.14 bits per heavy atom. The maximum atomic E-state index is 9.56. The summed E-state index contributed by atoms with van der Waals surface area (Å²) in [6.45, 7) is 2.82. The number of nitrogens with one attached hydrogen (secondary N) is 1. The third kappa shape index (κ3) is 10.7. The van der Waals surface area contributed by atoms with Gasteiger partial charge in [-0.2, -0.15) is 0 Å². The Bertz CT molecular complexity index is 73.3. The molecule has 0 unspecified atom stereocenters. The third-order valence-corrected chi connectivity index (χ3v) is 0.190. The first-order valence-corrected chi connectivity index (χ1v) is 1.26. The molecule has 0 spiro atoms. The Balaban J connectivity index is 0. The molecular weight excluding hydrogens is 171 g/mol. The number of rotatable bonds is 1. The van der Waals surface area contributed by atoms with Gasteiger partial charge in [-0.15, -0.1) is 0 Å². The predicted molar refractivity (Wildman–Crippen MR) is 19.2 cm³/mol. The van der Waals surface area contributed by atoms with Gasteiger partial charge in [-0.1, -0.05) is 5.91 Å². The summed E-state index contributed by atoms with van der Waals surface area (Å²) in [6, 6.07) is 0. The standard InChI is InChI=1S/C3H3NO2.Y/c1-3(6)4-2-5;/h1H2,(H,4,5,6);/q-2;. The van der Waals surface area contributed by atoms with Crippen LogP contribution in [0.3, 0.4) is 0 Å². The minimum Gasteiger partial charge on any atom is -0.487 e. The monoisotopic (exact) mass is 174 g/mol. The van der Waals surface area contributed by atoms with Crippen LogP contribution >= 0.6 is 0 Å². The van der Waals surface area contributed by atoms with Gasteiger partial charge in [0.1, 0.15) is 0 Å². The van der Waals surface area contributed by atoms with Crippen molar-refractivity contribution in [1.82, 2.24) is 5.32 Å². The molecule has 0 saturated carbocycles. The molecule has 7 heavy (non-hydrogen) atoms. The molecule has 2 amide bonds. The maximum Gasteiger partial charge on any atom is 0.0694 e. The van der Waals surface area contributed by atoms with Gasteiger partial charge in [-0.3, -0.25) is 0 Å². The van der Waals surface area contributed by atoms with E-state index in [1.165, 1.54) is 0 Å². The van der Waals surface area contributed by atoms with E-state index in [1.807, 2.05) is 0 Å². The number of amides is 2. The van der Waals surface area contributed by atoms with Gasteiger partial charge >= 0.3 is 0 Å². The quantitative estimate of drug-likeness (QED) is 0.409. The summed E-state index contributed by atoms with van der Waals surface area (Å²) >= 11 is 0. The van der Waals surface area contributed by atoms with Crippen LogP contribution in [0, 0.1) is 6.92 Å². The summed E-state index contributed by atoms with van der Waals surface area (Å²) in [5.41, 5.74) is 0. The zero-order valence-electron chi connectivity index (χ0n) is 3.60.